The average molecular weight is 359 g/mol. The van der Waals surface area contributed by atoms with E-state index in [1.165, 1.54) is 0 Å². The highest BCUT2D eigenvalue weighted by atomic mass is 16.5. The molecule has 1 aliphatic rings. The maximum atomic E-state index is 9.66. The van der Waals surface area contributed by atoms with Crippen LogP contribution in [-0.4, -0.2) is 58.3 Å². The van der Waals surface area contributed by atoms with Crippen LogP contribution in [0.2, 0.25) is 0 Å². The number of aliphatic hydroxyl groups excluding tert-OH is 2. The van der Waals surface area contributed by atoms with Gasteiger partial charge in [-0.1, -0.05) is 12.2 Å². The van der Waals surface area contributed by atoms with Crippen molar-refractivity contribution in [2.24, 2.45) is 5.73 Å². The molecule has 1 aliphatic heterocycles. The molecule has 0 aromatic carbocycles. The Hall–Kier alpha value is -2.06. The summed E-state index contributed by atoms with van der Waals surface area (Å²) >= 11 is 0. The SMILES string of the molecule is COc1ccc2nccc(C=C[C@@H]3CC[C@@H](N)[C@@H](CC(O)CO)O3)c2n1. The number of hydrogen-bond donors (Lipinski definition) is 3. The van der Waals surface area contributed by atoms with E-state index in [0.29, 0.717) is 12.3 Å². The lowest BCUT2D eigenvalue weighted by Crippen LogP contribution is -2.45. The van der Waals surface area contributed by atoms with Crippen LogP contribution in [0.3, 0.4) is 0 Å². The molecule has 1 fully saturated rings. The molecule has 2 aromatic heterocycles. The summed E-state index contributed by atoms with van der Waals surface area (Å²) in [6.45, 7) is -0.288. The van der Waals surface area contributed by atoms with Crippen molar-refractivity contribution in [2.45, 2.75) is 43.6 Å². The molecular formula is C19H25N3O4. The Kier molecular flexibility index (Phi) is 6.16. The first kappa shape index (κ1) is 18.7. The van der Waals surface area contributed by atoms with Gasteiger partial charge in [-0.05, 0) is 25.0 Å². The van der Waals surface area contributed by atoms with Gasteiger partial charge in [-0.15, -0.1) is 0 Å². The number of methoxy groups -OCH3 is 1. The maximum Gasteiger partial charge on any atom is 0.213 e. The monoisotopic (exact) mass is 359 g/mol. The van der Waals surface area contributed by atoms with Gasteiger partial charge in [0.15, 0.2) is 0 Å². The first-order chi connectivity index (χ1) is 12.6. The van der Waals surface area contributed by atoms with E-state index in [9.17, 15) is 5.11 Å². The number of ether oxygens (including phenoxy) is 2. The molecule has 26 heavy (non-hydrogen) atoms. The topological polar surface area (TPSA) is 111 Å². The summed E-state index contributed by atoms with van der Waals surface area (Å²) in [7, 11) is 1.58. The van der Waals surface area contributed by atoms with Crippen LogP contribution in [-0.2, 0) is 4.74 Å². The zero-order valence-electron chi connectivity index (χ0n) is 14.8. The van der Waals surface area contributed by atoms with Gasteiger partial charge >= 0.3 is 0 Å². The molecule has 2 aromatic rings. The molecule has 1 saturated heterocycles. The van der Waals surface area contributed by atoms with Gasteiger partial charge in [0.2, 0.25) is 5.88 Å². The van der Waals surface area contributed by atoms with Crippen molar-refractivity contribution in [2.75, 3.05) is 13.7 Å². The third-order valence-corrected chi connectivity index (χ3v) is 4.62. The van der Waals surface area contributed by atoms with Crippen LogP contribution in [0.15, 0.2) is 30.5 Å². The van der Waals surface area contributed by atoms with Crippen LogP contribution in [0.25, 0.3) is 17.1 Å². The van der Waals surface area contributed by atoms with Gasteiger partial charge in [0.25, 0.3) is 0 Å². The van der Waals surface area contributed by atoms with Crippen molar-refractivity contribution in [3.05, 3.63) is 36.0 Å². The second-order valence-electron chi connectivity index (χ2n) is 6.51. The predicted octanol–water partition coefficient (Wildman–Crippen LogP) is 1.27. The Bertz CT molecular complexity index is 768. The van der Waals surface area contributed by atoms with Crippen LogP contribution in [0.5, 0.6) is 5.88 Å². The fourth-order valence-corrected chi connectivity index (χ4v) is 3.14. The summed E-state index contributed by atoms with van der Waals surface area (Å²) in [5, 5.41) is 18.7. The summed E-state index contributed by atoms with van der Waals surface area (Å²) in [6.07, 6.45) is 6.47. The summed E-state index contributed by atoms with van der Waals surface area (Å²) in [6, 6.07) is 5.42. The molecule has 0 aliphatic carbocycles. The second kappa shape index (κ2) is 8.55. The Labute approximate surface area is 152 Å². The Morgan fingerprint density at radius 2 is 2.23 bits per heavy atom. The second-order valence-corrected chi connectivity index (χ2v) is 6.51. The highest BCUT2D eigenvalue weighted by Crippen LogP contribution is 2.24. The molecule has 0 radical (unpaired) electrons. The number of rotatable bonds is 6. The average Bonchev–Trinajstić information content (AvgIpc) is 2.67. The normalized spacial score (nSPS) is 24.8. The van der Waals surface area contributed by atoms with Gasteiger partial charge in [0.05, 0.1) is 43.1 Å². The summed E-state index contributed by atoms with van der Waals surface area (Å²) in [4.78, 5) is 8.80. The molecule has 3 heterocycles. The number of aromatic nitrogens is 2. The molecule has 0 bridgehead atoms. The molecule has 3 rings (SSSR count). The van der Waals surface area contributed by atoms with Crippen LogP contribution < -0.4 is 10.5 Å². The van der Waals surface area contributed by atoms with Crippen molar-refractivity contribution < 1.29 is 19.7 Å². The largest absolute Gasteiger partial charge is 0.481 e. The number of aliphatic hydroxyl groups is 2. The van der Waals surface area contributed by atoms with E-state index in [1.807, 2.05) is 24.3 Å². The molecule has 0 amide bonds. The molecule has 7 nitrogen and oxygen atoms in total. The van der Waals surface area contributed by atoms with Crippen molar-refractivity contribution in [3.8, 4) is 5.88 Å². The van der Waals surface area contributed by atoms with E-state index >= 15 is 0 Å². The summed E-state index contributed by atoms with van der Waals surface area (Å²) < 4.78 is 11.2. The van der Waals surface area contributed by atoms with Crippen LogP contribution in [0, 0.1) is 0 Å². The van der Waals surface area contributed by atoms with Gasteiger partial charge in [-0.3, -0.25) is 4.98 Å². The van der Waals surface area contributed by atoms with Crippen LogP contribution >= 0.6 is 0 Å². The number of pyridine rings is 2. The number of hydrogen-bond acceptors (Lipinski definition) is 7. The molecule has 140 valence electrons. The molecule has 4 atom stereocenters. The minimum atomic E-state index is -0.811. The Morgan fingerprint density at radius 3 is 3.00 bits per heavy atom. The van der Waals surface area contributed by atoms with E-state index in [-0.39, 0.29) is 24.9 Å². The third kappa shape index (κ3) is 4.37. The lowest BCUT2D eigenvalue weighted by Gasteiger charge is -2.34. The van der Waals surface area contributed by atoms with Crippen LogP contribution in [0.4, 0.5) is 0 Å². The maximum absolute atomic E-state index is 9.66. The smallest absolute Gasteiger partial charge is 0.213 e. The standard InChI is InChI=1S/C19H25N3O4/c1-25-18-7-6-16-19(22-18)12(8-9-21-16)2-3-14-4-5-15(20)17(26-14)10-13(24)11-23/h2-3,6-9,13-15,17,23-24H,4-5,10-11,20H2,1H3/t13?,14-,15-,17-/m1/s1. The predicted molar refractivity (Wildman–Crippen MR) is 98.7 cm³/mol. The first-order valence-electron chi connectivity index (χ1n) is 8.78. The summed E-state index contributed by atoms with van der Waals surface area (Å²) in [5.74, 6) is 0.540. The Balaban J connectivity index is 1.76. The van der Waals surface area contributed by atoms with Gasteiger partial charge in [-0.2, -0.15) is 0 Å². The fraction of sp³-hybridized carbons (Fsp3) is 0.474. The molecule has 7 heteroatoms. The minimum Gasteiger partial charge on any atom is -0.481 e. The zero-order valence-corrected chi connectivity index (χ0v) is 14.8. The molecule has 1 unspecified atom stereocenters. The van der Waals surface area contributed by atoms with Crippen molar-refractivity contribution in [3.63, 3.8) is 0 Å². The molecule has 4 N–H and O–H groups in total. The number of nitrogens with zero attached hydrogens (tertiary/aromatic N) is 2. The van der Waals surface area contributed by atoms with Crippen molar-refractivity contribution >= 4 is 17.1 Å². The molecular weight excluding hydrogens is 334 g/mol. The fourth-order valence-electron chi connectivity index (χ4n) is 3.14. The van der Waals surface area contributed by atoms with Crippen LogP contribution in [0.1, 0.15) is 24.8 Å². The lowest BCUT2D eigenvalue weighted by atomic mass is 9.95. The van der Waals surface area contributed by atoms with Gasteiger partial charge in [0, 0.05) is 30.3 Å². The third-order valence-electron chi connectivity index (χ3n) is 4.62. The van der Waals surface area contributed by atoms with Gasteiger partial charge in [0.1, 0.15) is 0 Å². The van der Waals surface area contributed by atoms with E-state index in [0.717, 1.165) is 29.4 Å². The highest BCUT2D eigenvalue weighted by Gasteiger charge is 2.29. The minimum absolute atomic E-state index is 0.0977. The van der Waals surface area contributed by atoms with Crippen molar-refractivity contribution in [1.82, 2.24) is 9.97 Å². The summed E-state index contributed by atoms with van der Waals surface area (Å²) in [5.41, 5.74) is 8.58. The van der Waals surface area contributed by atoms with E-state index in [1.54, 1.807) is 19.4 Å². The highest BCUT2D eigenvalue weighted by molar-refractivity contribution is 5.84. The molecule has 0 spiro atoms. The van der Waals surface area contributed by atoms with Gasteiger partial charge < -0.3 is 25.4 Å². The lowest BCUT2D eigenvalue weighted by molar-refractivity contribution is -0.0648. The van der Waals surface area contributed by atoms with E-state index < -0.39 is 6.10 Å². The van der Waals surface area contributed by atoms with Gasteiger partial charge in [-0.25, -0.2) is 4.98 Å². The van der Waals surface area contributed by atoms with Crippen molar-refractivity contribution in [1.29, 1.82) is 0 Å². The van der Waals surface area contributed by atoms with E-state index in [4.69, 9.17) is 20.3 Å². The number of nitrogens with two attached hydrogens (primary N) is 1. The first-order valence-corrected chi connectivity index (χ1v) is 8.78. The number of fused-ring (bicyclic) bond motifs is 1. The zero-order chi connectivity index (χ0) is 18.5. The van der Waals surface area contributed by atoms with E-state index in [2.05, 4.69) is 9.97 Å². The Morgan fingerprint density at radius 1 is 1.38 bits per heavy atom. The quantitative estimate of drug-likeness (QED) is 0.712. The molecule has 0 saturated carbocycles.